The summed E-state index contributed by atoms with van der Waals surface area (Å²) < 4.78 is 16.6. The van der Waals surface area contributed by atoms with E-state index >= 15 is 0 Å². The first kappa shape index (κ1) is 8.65. The molecular formula is C7H14O4Si. The Bertz CT molecular complexity index is 186. The molecule has 12 heavy (non-hydrogen) atoms. The summed E-state index contributed by atoms with van der Waals surface area (Å²) in [5.74, 6) is 0. The fraction of sp³-hybridized carbons (Fsp3) is 1.00. The minimum atomic E-state index is -2.36. The maximum atomic E-state index is 9.38. The van der Waals surface area contributed by atoms with Gasteiger partial charge in [-0.3, -0.25) is 0 Å². The Morgan fingerprint density at radius 3 is 2.67 bits per heavy atom. The molecule has 1 N–H and O–H groups in total. The maximum absolute atomic E-state index is 9.38. The van der Waals surface area contributed by atoms with E-state index in [0.717, 1.165) is 0 Å². The molecule has 70 valence electrons. The van der Waals surface area contributed by atoms with Crippen molar-refractivity contribution in [1.29, 1.82) is 0 Å². The third-order valence-corrected chi connectivity index (χ3v) is 5.54. The lowest BCUT2D eigenvalue weighted by atomic mass is 10.2. The summed E-state index contributed by atoms with van der Waals surface area (Å²) in [6.45, 7) is 4.93. The molecule has 5 heteroatoms. The Labute approximate surface area is 72.8 Å². The summed E-state index contributed by atoms with van der Waals surface area (Å²) >= 11 is 0. The smallest absolute Gasteiger partial charge is 0.388 e. The fourth-order valence-corrected chi connectivity index (χ4v) is 4.13. The van der Waals surface area contributed by atoms with Crippen molar-refractivity contribution in [3.05, 3.63) is 0 Å². The molecule has 2 bridgehead atoms. The Morgan fingerprint density at radius 2 is 2.00 bits per heavy atom. The number of hydrogen-bond acceptors (Lipinski definition) is 4. The van der Waals surface area contributed by atoms with E-state index in [1.165, 1.54) is 0 Å². The average Bonchev–Trinajstić information content (AvgIpc) is 2.40. The highest BCUT2D eigenvalue weighted by Crippen LogP contribution is 2.35. The van der Waals surface area contributed by atoms with E-state index in [2.05, 4.69) is 0 Å². The van der Waals surface area contributed by atoms with Gasteiger partial charge in [0, 0.05) is 5.54 Å². The Balaban J connectivity index is 2.13. The van der Waals surface area contributed by atoms with Crippen molar-refractivity contribution in [3.8, 4) is 0 Å². The van der Waals surface area contributed by atoms with Crippen LogP contribution in [0.4, 0.5) is 0 Å². The largest absolute Gasteiger partial charge is 0.504 e. The van der Waals surface area contributed by atoms with Crippen molar-refractivity contribution in [2.75, 3.05) is 13.2 Å². The quantitative estimate of drug-likeness (QED) is 0.598. The summed E-state index contributed by atoms with van der Waals surface area (Å²) in [5.41, 5.74) is 0.287. The van der Waals surface area contributed by atoms with Gasteiger partial charge in [0.1, 0.15) is 6.10 Å². The van der Waals surface area contributed by atoms with Crippen LogP contribution in [0, 0.1) is 0 Å². The molecule has 2 fully saturated rings. The molecule has 0 amide bonds. The number of aliphatic hydroxyl groups excluding tert-OH is 1. The van der Waals surface area contributed by atoms with Crippen LogP contribution in [0.2, 0.25) is 5.54 Å². The molecule has 0 aliphatic carbocycles. The van der Waals surface area contributed by atoms with Crippen molar-refractivity contribution >= 4 is 8.80 Å². The molecule has 3 unspecified atom stereocenters. The lowest BCUT2D eigenvalue weighted by Gasteiger charge is -2.33. The van der Waals surface area contributed by atoms with Crippen LogP contribution in [-0.2, 0) is 13.3 Å². The van der Waals surface area contributed by atoms with E-state index in [1.54, 1.807) is 0 Å². The van der Waals surface area contributed by atoms with Gasteiger partial charge < -0.3 is 18.4 Å². The third kappa shape index (κ3) is 1.13. The molecular weight excluding hydrogens is 176 g/mol. The standard InChI is InChI=1S/C7H14O4Si/c1-5(2)12-9-3-6(8)7(11-12)4-10-12/h5-8H,3-4H2,1-2H3. The predicted octanol–water partition coefficient (Wildman–Crippen LogP) is 0.142. The molecule has 0 aromatic carbocycles. The normalized spacial score (nSPS) is 47.0. The molecule has 2 aliphatic rings. The monoisotopic (exact) mass is 190 g/mol. The maximum Gasteiger partial charge on any atom is 0.504 e. The fourth-order valence-electron chi connectivity index (χ4n) is 1.52. The lowest BCUT2D eigenvalue weighted by Crippen LogP contribution is -2.52. The molecule has 3 atom stereocenters. The van der Waals surface area contributed by atoms with Gasteiger partial charge in [-0.1, -0.05) is 13.8 Å². The summed E-state index contributed by atoms with van der Waals surface area (Å²) in [5, 5.41) is 9.38. The van der Waals surface area contributed by atoms with Crippen LogP contribution in [0.1, 0.15) is 13.8 Å². The van der Waals surface area contributed by atoms with Gasteiger partial charge in [-0.05, 0) is 0 Å². The second-order valence-corrected chi connectivity index (χ2v) is 6.78. The summed E-state index contributed by atoms with van der Waals surface area (Å²) in [4.78, 5) is 0. The molecule has 2 saturated heterocycles. The second kappa shape index (κ2) is 2.78. The zero-order valence-corrected chi connectivity index (χ0v) is 8.32. The lowest BCUT2D eigenvalue weighted by molar-refractivity contribution is -0.0414. The zero-order chi connectivity index (χ0) is 8.77. The second-order valence-electron chi connectivity index (χ2n) is 3.60. The number of rotatable bonds is 1. The van der Waals surface area contributed by atoms with Crippen molar-refractivity contribution in [1.82, 2.24) is 0 Å². The summed E-state index contributed by atoms with van der Waals surface area (Å²) in [7, 11) is -2.36. The summed E-state index contributed by atoms with van der Waals surface area (Å²) in [6.07, 6.45) is -0.653. The average molecular weight is 190 g/mol. The van der Waals surface area contributed by atoms with Gasteiger partial charge in [-0.25, -0.2) is 0 Å². The number of aliphatic hydroxyl groups is 1. The minimum Gasteiger partial charge on any atom is -0.388 e. The molecule has 2 rings (SSSR count). The number of hydrogen-bond donors (Lipinski definition) is 1. The highest BCUT2D eigenvalue weighted by Gasteiger charge is 2.56. The van der Waals surface area contributed by atoms with Crippen molar-refractivity contribution in [2.24, 2.45) is 0 Å². The predicted molar refractivity (Wildman–Crippen MR) is 43.6 cm³/mol. The van der Waals surface area contributed by atoms with E-state index in [0.29, 0.717) is 13.2 Å². The van der Waals surface area contributed by atoms with Gasteiger partial charge in [0.15, 0.2) is 0 Å². The molecule has 0 spiro atoms. The van der Waals surface area contributed by atoms with Gasteiger partial charge in [0.05, 0.1) is 19.3 Å². The topological polar surface area (TPSA) is 47.9 Å². The van der Waals surface area contributed by atoms with Crippen LogP contribution in [0.15, 0.2) is 0 Å². The van der Waals surface area contributed by atoms with E-state index in [-0.39, 0.29) is 11.6 Å². The molecule has 2 heterocycles. The van der Waals surface area contributed by atoms with Gasteiger partial charge in [-0.15, -0.1) is 0 Å². The Kier molecular flexibility index (Phi) is 2.00. The first-order chi connectivity index (χ1) is 5.64. The zero-order valence-electron chi connectivity index (χ0n) is 7.32. The Morgan fingerprint density at radius 1 is 1.33 bits per heavy atom. The molecule has 0 saturated carbocycles. The van der Waals surface area contributed by atoms with Crippen molar-refractivity contribution in [2.45, 2.75) is 31.6 Å². The number of fused-ring (bicyclic) bond motifs is 2. The summed E-state index contributed by atoms with van der Waals surface area (Å²) in [6, 6.07) is 0. The van der Waals surface area contributed by atoms with Crippen LogP contribution in [0.25, 0.3) is 0 Å². The molecule has 0 radical (unpaired) electrons. The molecule has 2 aliphatic heterocycles. The molecule has 4 nitrogen and oxygen atoms in total. The highest BCUT2D eigenvalue weighted by molar-refractivity contribution is 6.62. The van der Waals surface area contributed by atoms with E-state index in [9.17, 15) is 5.11 Å². The van der Waals surface area contributed by atoms with Crippen LogP contribution in [0.3, 0.4) is 0 Å². The van der Waals surface area contributed by atoms with Gasteiger partial charge in [-0.2, -0.15) is 0 Å². The first-order valence-corrected chi connectivity index (χ1v) is 6.08. The van der Waals surface area contributed by atoms with Gasteiger partial charge >= 0.3 is 8.80 Å². The van der Waals surface area contributed by atoms with Crippen LogP contribution < -0.4 is 0 Å². The molecule has 0 aromatic heterocycles. The van der Waals surface area contributed by atoms with Gasteiger partial charge in [0.2, 0.25) is 0 Å². The molecule has 0 aromatic rings. The Hall–Kier alpha value is 0.0569. The van der Waals surface area contributed by atoms with E-state index in [4.69, 9.17) is 13.3 Å². The van der Waals surface area contributed by atoms with Crippen molar-refractivity contribution < 1.29 is 18.4 Å². The van der Waals surface area contributed by atoms with Gasteiger partial charge in [0.25, 0.3) is 0 Å². The van der Waals surface area contributed by atoms with Crippen LogP contribution in [-0.4, -0.2) is 39.3 Å². The SMILES string of the molecule is CC(C)[Si]12OCC(O)C(CO1)O2. The third-order valence-electron chi connectivity index (χ3n) is 2.36. The highest BCUT2D eigenvalue weighted by atomic mass is 28.4. The van der Waals surface area contributed by atoms with Crippen LogP contribution >= 0.6 is 0 Å². The van der Waals surface area contributed by atoms with Crippen LogP contribution in [0.5, 0.6) is 0 Å². The first-order valence-electron chi connectivity index (χ1n) is 4.28. The van der Waals surface area contributed by atoms with E-state index < -0.39 is 14.9 Å². The van der Waals surface area contributed by atoms with Crippen molar-refractivity contribution in [3.63, 3.8) is 0 Å². The van der Waals surface area contributed by atoms with E-state index in [1.807, 2.05) is 13.8 Å². The minimum absolute atomic E-state index is 0.146.